The standard InChI is InChI=1S/C25H38N2O4/c1-30-19-11-12-20(22(16-19)31-2)24-21-10-6-7-13-25(21,29)14-15-27(24)17-23(28)26-18-8-4-3-5-9-18/h11-12,16,18,21,24,29H,3-10,13-15,17H2,1-2H3,(H,26,28)/p+1/t21-,24-,25+/m1/s1. The first kappa shape index (κ1) is 22.4. The Morgan fingerprint density at radius 2 is 1.87 bits per heavy atom. The fraction of sp³-hybridized carbons (Fsp3) is 0.720. The molecule has 172 valence electrons. The molecule has 0 spiro atoms. The van der Waals surface area contributed by atoms with Crippen LogP contribution in [0.3, 0.4) is 0 Å². The molecular formula is C25H39N2O4+. The maximum Gasteiger partial charge on any atom is 0.275 e. The molecule has 1 aromatic rings. The van der Waals surface area contributed by atoms with Gasteiger partial charge in [0.15, 0.2) is 6.54 Å². The molecule has 1 aromatic carbocycles. The lowest BCUT2D eigenvalue weighted by atomic mass is 9.66. The van der Waals surface area contributed by atoms with E-state index in [0.29, 0.717) is 12.6 Å². The van der Waals surface area contributed by atoms with Crippen molar-refractivity contribution in [3.8, 4) is 11.5 Å². The molecule has 3 aliphatic rings. The second-order valence-corrected chi connectivity index (χ2v) is 9.78. The number of fused-ring (bicyclic) bond motifs is 1. The van der Waals surface area contributed by atoms with Gasteiger partial charge in [-0.25, -0.2) is 0 Å². The summed E-state index contributed by atoms with van der Waals surface area (Å²) in [6.07, 6.45) is 10.7. The molecule has 1 amide bonds. The highest BCUT2D eigenvalue weighted by Crippen LogP contribution is 2.46. The summed E-state index contributed by atoms with van der Waals surface area (Å²) in [5, 5.41) is 14.8. The molecule has 6 heteroatoms. The van der Waals surface area contributed by atoms with Crippen LogP contribution in [0.1, 0.15) is 75.8 Å². The maximum atomic E-state index is 13.0. The molecule has 1 heterocycles. The van der Waals surface area contributed by atoms with Gasteiger partial charge in [0, 0.05) is 24.4 Å². The van der Waals surface area contributed by atoms with Crippen LogP contribution in [0.25, 0.3) is 0 Å². The maximum absolute atomic E-state index is 13.0. The first-order valence-corrected chi connectivity index (χ1v) is 12.1. The van der Waals surface area contributed by atoms with E-state index in [1.165, 1.54) is 24.2 Å². The number of aliphatic hydroxyl groups is 1. The zero-order valence-corrected chi connectivity index (χ0v) is 19.1. The van der Waals surface area contributed by atoms with Gasteiger partial charge in [0.2, 0.25) is 0 Å². The SMILES string of the molecule is COc1ccc([C@@H]2[C@H]3CCCC[C@]3(O)CC[NH+]2CC(=O)NC2CCCCC2)c(OC)c1. The molecule has 2 aliphatic carbocycles. The molecule has 3 N–H and O–H groups in total. The lowest BCUT2D eigenvalue weighted by Crippen LogP contribution is -3.16. The zero-order valence-electron chi connectivity index (χ0n) is 19.1. The minimum absolute atomic E-state index is 0.0389. The molecule has 4 rings (SSSR count). The normalized spacial score (nSPS) is 31.5. The Morgan fingerprint density at radius 3 is 2.61 bits per heavy atom. The topological polar surface area (TPSA) is 72.2 Å². The van der Waals surface area contributed by atoms with Crippen molar-refractivity contribution in [1.82, 2.24) is 5.32 Å². The first-order valence-electron chi connectivity index (χ1n) is 12.1. The summed E-state index contributed by atoms with van der Waals surface area (Å²) >= 11 is 0. The molecule has 1 unspecified atom stereocenters. The molecule has 6 nitrogen and oxygen atoms in total. The summed E-state index contributed by atoms with van der Waals surface area (Å²) in [5.41, 5.74) is 0.436. The lowest BCUT2D eigenvalue weighted by molar-refractivity contribution is -0.937. The molecule has 0 radical (unpaired) electrons. The van der Waals surface area contributed by atoms with E-state index >= 15 is 0 Å². The highest BCUT2D eigenvalue weighted by Gasteiger charge is 2.52. The average molecular weight is 432 g/mol. The number of carbonyl (C=O) groups is 1. The number of likely N-dealkylation sites (tertiary alicyclic amines) is 1. The smallest absolute Gasteiger partial charge is 0.275 e. The summed E-state index contributed by atoms with van der Waals surface area (Å²) in [6.45, 7) is 1.24. The summed E-state index contributed by atoms with van der Waals surface area (Å²) in [5.74, 6) is 1.81. The minimum Gasteiger partial charge on any atom is -0.497 e. The highest BCUT2D eigenvalue weighted by molar-refractivity contribution is 5.77. The summed E-state index contributed by atoms with van der Waals surface area (Å²) in [6, 6.07) is 6.32. The summed E-state index contributed by atoms with van der Waals surface area (Å²) in [7, 11) is 3.34. The van der Waals surface area contributed by atoms with Gasteiger partial charge in [-0.15, -0.1) is 0 Å². The van der Waals surface area contributed by atoms with Gasteiger partial charge in [-0.05, 0) is 37.8 Å². The van der Waals surface area contributed by atoms with E-state index in [-0.39, 0.29) is 17.9 Å². The number of carbonyl (C=O) groups excluding carboxylic acids is 1. The fourth-order valence-electron chi connectivity index (χ4n) is 6.30. The first-order chi connectivity index (χ1) is 15.0. The van der Waals surface area contributed by atoms with Gasteiger partial charge < -0.3 is 24.8 Å². The number of hydrogen-bond donors (Lipinski definition) is 3. The summed E-state index contributed by atoms with van der Waals surface area (Å²) < 4.78 is 11.2. The average Bonchev–Trinajstić information content (AvgIpc) is 2.79. The molecule has 1 aliphatic heterocycles. The van der Waals surface area contributed by atoms with Crippen LogP contribution in [0.15, 0.2) is 18.2 Å². The molecule has 4 atom stereocenters. The molecule has 0 aromatic heterocycles. The Morgan fingerprint density at radius 1 is 1.10 bits per heavy atom. The van der Waals surface area contributed by atoms with Gasteiger partial charge in [0.05, 0.1) is 31.9 Å². The van der Waals surface area contributed by atoms with E-state index in [9.17, 15) is 9.90 Å². The van der Waals surface area contributed by atoms with Crippen LogP contribution in [-0.4, -0.2) is 50.0 Å². The largest absolute Gasteiger partial charge is 0.497 e. The zero-order chi connectivity index (χ0) is 21.8. The van der Waals surface area contributed by atoms with Crippen molar-refractivity contribution < 1.29 is 24.3 Å². The Kier molecular flexibility index (Phi) is 7.07. The predicted molar refractivity (Wildman–Crippen MR) is 120 cm³/mol. The van der Waals surface area contributed by atoms with E-state index in [0.717, 1.165) is 68.6 Å². The Labute approximate surface area is 186 Å². The third-order valence-corrected chi connectivity index (χ3v) is 7.92. The van der Waals surface area contributed by atoms with E-state index in [1.807, 2.05) is 12.1 Å². The second-order valence-electron chi connectivity index (χ2n) is 9.78. The second kappa shape index (κ2) is 9.78. The Bertz CT molecular complexity index is 764. The van der Waals surface area contributed by atoms with Crippen LogP contribution in [0.4, 0.5) is 0 Å². The fourth-order valence-corrected chi connectivity index (χ4v) is 6.30. The molecule has 1 saturated heterocycles. The van der Waals surface area contributed by atoms with Crippen molar-refractivity contribution >= 4 is 5.91 Å². The number of methoxy groups -OCH3 is 2. The van der Waals surface area contributed by atoms with Gasteiger partial charge in [-0.1, -0.05) is 32.1 Å². The number of ether oxygens (including phenoxy) is 2. The monoisotopic (exact) mass is 431 g/mol. The molecular weight excluding hydrogens is 392 g/mol. The number of piperidine rings is 1. The third-order valence-electron chi connectivity index (χ3n) is 7.92. The van der Waals surface area contributed by atoms with E-state index in [1.54, 1.807) is 14.2 Å². The summed E-state index contributed by atoms with van der Waals surface area (Å²) in [4.78, 5) is 14.2. The van der Waals surface area contributed by atoms with Crippen molar-refractivity contribution in [2.24, 2.45) is 5.92 Å². The number of nitrogens with one attached hydrogen (secondary N) is 2. The van der Waals surface area contributed by atoms with Crippen molar-refractivity contribution in [2.45, 2.75) is 81.9 Å². The van der Waals surface area contributed by atoms with Crippen LogP contribution in [0.5, 0.6) is 11.5 Å². The van der Waals surface area contributed by atoms with Gasteiger partial charge in [0.1, 0.15) is 17.5 Å². The van der Waals surface area contributed by atoms with Gasteiger partial charge in [0.25, 0.3) is 5.91 Å². The van der Waals surface area contributed by atoms with Crippen LogP contribution < -0.4 is 19.7 Å². The predicted octanol–water partition coefficient (Wildman–Crippen LogP) is 2.40. The molecule has 31 heavy (non-hydrogen) atoms. The number of amides is 1. The lowest BCUT2D eigenvalue weighted by Gasteiger charge is -2.50. The number of hydrogen-bond acceptors (Lipinski definition) is 4. The minimum atomic E-state index is -0.642. The van der Waals surface area contributed by atoms with E-state index < -0.39 is 5.60 Å². The van der Waals surface area contributed by atoms with Crippen LogP contribution in [0.2, 0.25) is 0 Å². The highest BCUT2D eigenvalue weighted by atomic mass is 16.5. The van der Waals surface area contributed by atoms with Crippen molar-refractivity contribution in [3.63, 3.8) is 0 Å². The molecule has 2 saturated carbocycles. The third kappa shape index (κ3) is 4.85. The van der Waals surface area contributed by atoms with Crippen LogP contribution in [-0.2, 0) is 4.79 Å². The van der Waals surface area contributed by atoms with Gasteiger partial charge in [-0.2, -0.15) is 0 Å². The Balaban J connectivity index is 1.60. The van der Waals surface area contributed by atoms with Crippen molar-refractivity contribution in [2.75, 3.05) is 27.3 Å². The van der Waals surface area contributed by atoms with Gasteiger partial charge in [-0.3, -0.25) is 4.79 Å². The van der Waals surface area contributed by atoms with Crippen molar-refractivity contribution in [3.05, 3.63) is 23.8 Å². The van der Waals surface area contributed by atoms with Gasteiger partial charge >= 0.3 is 0 Å². The quantitative estimate of drug-likeness (QED) is 0.647. The van der Waals surface area contributed by atoms with Crippen molar-refractivity contribution in [1.29, 1.82) is 0 Å². The van der Waals surface area contributed by atoms with E-state index in [4.69, 9.17) is 9.47 Å². The number of quaternary nitrogens is 1. The van der Waals surface area contributed by atoms with E-state index in [2.05, 4.69) is 11.4 Å². The number of rotatable bonds is 6. The van der Waals surface area contributed by atoms with Crippen LogP contribution in [0, 0.1) is 5.92 Å². The molecule has 3 fully saturated rings. The van der Waals surface area contributed by atoms with Crippen LogP contribution >= 0.6 is 0 Å². The Hall–Kier alpha value is -1.79. The molecule has 0 bridgehead atoms. The number of benzene rings is 1.